The van der Waals surface area contributed by atoms with Crippen molar-refractivity contribution in [2.24, 2.45) is 17.8 Å². The molecular formula is C30H40F5N5O5. The van der Waals surface area contributed by atoms with E-state index < -0.39 is 72.2 Å². The first-order valence-electron chi connectivity index (χ1n) is 14.9. The summed E-state index contributed by atoms with van der Waals surface area (Å²) in [5.74, 6) is -7.76. The maximum Gasteiger partial charge on any atom is 0.417 e. The smallest absolute Gasteiger partial charge is 0.417 e. The van der Waals surface area contributed by atoms with E-state index in [4.69, 9.17) is 9.47 Å². The summed E-state index contributed by atoms with van der Waals surface area (Å²) in [5, 5.41) is 7.02. The third kappa shape index (κ3) is 8.81. The van der Waals surface area contributed by atoms with Crippen LogP contribution in [0.1, 0.15) is 90.9 Å². The van der Waals surface area contributed by atoms with Crippen molar-refractivity contribution in [3.8, 4) is 0 Å². The Kier molecular flexibility index (Phi) is 9.43. The molecule has 3 atom stereocenters. The summed E-state index contributed by atoms with van der Waals surface area (Å²) in [6, 6.07) is 0.682. The molecule has 1 aliphatic carbocycles. The number of piperidine rings is 1. The van der Waals surface area contributed by atoms with Crippen molar-refractivity contribution in [2.45, 2.75) is 109 Å². The van der Waals surface area contributed by atoms with E-state index in [0.717, 1.165) is 4.90 Å². The van der Waals surface area contributed by atoms with Gasteiger partial charge in [-0.15, -0.1) is 0 Å². The Bertz CT molecular complexity index is 1400. The molecule has 1 saturated heterocycles. The van der Waals surface area contributed by atoms with Crippen molar-refractivity contribution in [3.05, 3.63) is 29.7 Å². The summed E-state index contributed by atoms with van der Waals surface area (Å²) in [5.41, 5.74) is -0.954. The normalized spacial score (nSPS) is 22.3. The summed E-state index contributed by atoms with van der Waals surface area (Å²) >= 11 is 0. The fraction of sp³-hybridized carbons (Fsp3) is 0.700. The standard InChI is InChI=1S/C30H40F5N5O5/c1-27(2,3)44-25(42)38-23(18-7-10-29(31,32)11-8-18)21-16-40-22(37-21)14-17(15-36-40)13-19-20(30(33,34)35)9-12-39(24(19)41)26(43)45-28(4,5)6/h14-16,18-20,23H,7-13H2,1-6H3,(H,38,42)/t19?,20?,23-/m0/s1. The molecule has 4 rings (SSSR count). The lowest BCUT2D eigenvalue weighted by Gasteiger charge is -2.38. The van der Waals surface area contributed by atoms with Crippen LogP contribution in [0, 0.1) is 17.8 Å². The first-order chi connectivity index (χ1) is 20.6. The van der Waals surface area contributed by atoms with E-state index in [1.807, 2.05) is 0 Å². The summed E-state index contributed by atoms with van der Waals surface area (Å²) < 4.78 is 82.0. The predicted molar refractivity (Wildman–Crippen MR) is 151 cm³/mol. The van der Waals surface area contributed by atoms with Crippen LogP contribution in [0.25, 0.3) is 5.65 Å². The number of ether oxygens (including phenoxy) is 2. The number of hydrogen-bond acceptors (Lipinski definition) is 7. The third-order valence-corrected chi connectivity index (χ3v) is 7.84. The minimum absolute atomic E-state index is 0.122. The number of aromatic nitrogens is 3. The average molecular weight is 646 g/mol. The summed E-state index contributed by atoms with van der Waals surface area (Å²) in [7, 11) is 0. The Balaban J connectivity index is 1.61. The van der Waals surface area contributed by atoms with Gasteiger partial charge in [0.15, 0.2) is 5.65 Å². The quantitative estimate of drug-likeness (QED) is 0.363. The summed E-state index contributed by atoms with van der Waals surface area (Å²) in [4.78, 5) is 43.9. The second kappa shape index (κ2) is 12.3. The highest BCUT2D eigenvalue weighted by molar-refractivity contribution is 5.94. The van der Waals surface area contributed by atoms with E-state index in [1.165, 1.54) is 23.0 Å². The lowest BCUT2D eigenvalue weighted by Crippen LogP contribution is -2.53. The fourth-order valence-electron chi connectivity index (χ4n) is 5.78. The van der Waals surface area contributed by atoms with Crippen LogP contribution >= 0.6 is 0 Å². The largest absolute Gasteiger partial charge is 0.444 e. The van der Waals surface area contributed by atoms with Crippen molar-refractivity contribution in [2.75, 3.05) is 6.54 Å². The van der Waals surface area contributed by atoms with E-state index in [9.17, 15) is 36.3 Å². The molecular weight excluding hydrogens is 605 g/mol. The van der Waals surface area contributed by atoms with E-state index in [1.54, 1.807) is 41.5 Å². The molecule has 0 aromatic carbocycles. The first kappa shape index (κ1) is 34.4. The van der Waals surface area contributed by atoms with Gasteiger partial charge in [-0.2, -0.15) is 18.3 Å². The van der Waals surface area contributed by atoms with Crippen LogP contribution in [0.2, 0.25) is 0 Å². The Morgan fingerprint density at radius 3 is 2.24 bits per heavy atom. The number of nitrogens with zero attached hydrogens (tertiary/aromatic N) is 4. The van der Waals surface area contributed by atoms with Crippen molar-refractivity contribution in [1.29, 1.82) is 0 Å². The van der Waals surface area contributed by atoms with Gasteiger partial charge in [0, 0.05) is 19.4 Å². The molecule has 2 fully saturated rings. The van der Waals surface area contributed by atoms with Gasteiger partial charge in [-0.05, 0) is 84.8 Å². The average Bonchev–Trinajstić information content (AvgIpc) is 3.29. The molecule has 10 nitrogen and oxygen atoms in total. The minimum atomic E-state index is -4.68. The zero-order valence-corrected chi connectivity index (χ0v) is 26.2. The number of carbonyl (C=O) groups excluding carboxylic acids is 3. The summed E-state index contributed by atoms with van der Waals surface area (Å²) in [6.07, 6.45) is -4.92. The highest BCUT2D eigenvalue weighted by Crippen LogP contribution is 2.42. The number of carbonyl (C=O) groups is 3. The van der Waals surface area contributed by atoms with E-state index >= 15 is 0 Å². The van der Waals surface area contributed by atoms with Crippen molar-refractivity contribution < 1.29 is 45.8 Å². The van der Waals surface area contributed by atoms with Crippen LogP contribution in [-0.2, 0) is 20.7 Å². The number of fused-ring (bicyclic) bond motifs is 1. The van der Waals surface area contributed by atoms with Gasteiger partial charge >= 0.3 is 18.4 Å². The molecule has 0 radical (unpaired) electrons. The zero-order chi connectivity index (χ0) is 33.5. The SMILES string of the molecule is CC(C)(C)OC(=O)N[C@H](c1cn2ncc(CC3C(=O)N(C(=O)OC(C)(C)C)CCC3C(F)(F)F)cc2n1)C1CCC(F)(F)CC1. The molecule has 2 aromatic heterocycles. The number of halogens is 5. The second-order valence-electron chi connectivity index (χ2n) is 13.9. The number of hydrogen-bond donors (Lipinski definition) is 1. The van der Waals surface area contributed by atoms with Gasteiger partial charge in [-0.1, -0.05) is 0 Å². The maximum absolute atomic E-state index is 14.0. The van der Waals surface area contributed by atoms with E-state index in [2.05, 4.69) is 15.4 Å². The molecule has 0 bridgehead atoms. The number of rotatable bonds is 5. The van der Waals surface area contributed by atoms with Gasteiger partial charge in [0.25, 0.3) is 0 Å². The number of likely N-dealkylation sites (tertiary alicyclic amines) is 1. The Labute approximate surface area is 258 Å². The fourth-order valence-corrected chi connectivity index (χ4v) is 5.78. The Morgan fingerprint density at radius 2 is 1.67 bits per heavy atom. The molecule has 1 aliphatic heterocycles. The molecule has 1 saturated carbocycles. The minimum Gasteiger partial charge on any atom is -0.444 e. The molecule has 15 heteroatoms. The van der Waals surface area contributed by atoms with Gasteiger partial charge in [0.1, 0.15) is 11.2 Å². The third-order valence-electron chi connectivity index (χ3n) is 7.84. The van der Waals surface area contributed by atoms with Gasteiger partial charge in [0.2, 0.25) is 11.8 Å². The van der Waals surface area contributed by atoms with Crippen molar-refractivity contribution in [3.63, 3.8) is 0 Å². The molecule has 250 valence electrons. The lowest BCUT2D eigenvalue weighted by atomic mass is 9.80. The maximum atomic E-state index is 14.0. The van der Waals surface area contributed by atoms with E-state index in [0.29, 0.717) is 5.69 Å². The van der Waals surface area contributed by atoms with Gasteiger partial charge in [0.05, 0.1) is 36.0 Å². The number of imide groups is 1. The van der Waals surface area contributed by atoms with Crippen LogP contribution < -0.4 is 5.32 Å². The van der Waals surface area contributed by atoms with Crippen molar-refractivity contribution >= 4 is 23.7 Å². The van der Waals surface area contributed by atoms with Gasteiger partial charge < -0.3 is 14.8 Å². The number of alkyl halides is 5. The molecule has 3 heterocycles. The number of amides is 3. The summed E-state index contributed by atoms with van der Waals surface area (Å²) in [6.45, 7) is 9.41. The first-order valence-corrected chi connectivity index (χ1v) is 14.9. The zero-order valence-electron chi connectivity index (χ0n) is 26.2. The van der Waals surface area contributed by atoms with Crippen molar-refractivity contribution in [1.82, 2.24) is 24.8 Å². The highest BCUT2D eigenvalue weighted by atomic mass is 19.4. The monoisotopic (exact) mass is 645 g/mol. The van der Waals surface area contributed by atoms with Crippen LogP contribution in [0.3, 0.4) is 0 Å². The lowest BCUT2D eigenvalue weighted by molar-refractivity contribution is -0.203. The molecule has 45 heavy (non-hydrogen) atoms. The topological polar surface area (TPSA) is 115 Å². The van der Waals surface area contributed by atoms with Gasteiger partial charge in [-0.3, -0.25) is 4.79 Å². The number of nitrogens with one attached hydrogen (secondary N) is 1. The van der Waals surface area contributed by atoms with Crippen LogP contribution in [0.5, 0.6) is 0 Å². The number of alkyl carbamates (subject to hydrolysis) is 1. The predicted octanol–water partition coefficient (Wildman–Crippen LogP) is 6.63. The molecule has 2 unspecified atom stereocenters. The highest BCUT2D eigenvalue weighted by Gasteiger charge is 2.52. The molecule has 3 amide bonds. The van der Waals surface area contributed by atoms with Gasteiger partial charge in [-0.25, -0.2) is 32.8 Å². The molecule has 1 N–H and O–H groups in total. The van der Waals surface area contributed by atoms with Crippen LogP contribution in [0.4, 0.5) is 31.5 Å². The Hall–Kier alpha value is -3.52. The van der Waals surface area contributed by atoms with Crippen LogP contribution in [0.15, 0.2) is 18.5 Å². The molecule has 2 aliphatic rings. The Morgan fingerprint density at radius 1 is 1.04 bits per heavy atom. The van der Waals surface area contributed by atoms with Crippen LogP contribution in [-0.4, -0.2) is 67.4 Å². The molecule has 2 aromatic rings. The number of imidazole rings is 1. The molecule has 0 spiro atoms. The van der Waals surface area contributed by atoms with E-state index in [-0.39, 0.29) is 49.2 Å². The second-order valence-corrected chi connectivity index (χ2v) is 13.9.